The highest BCUT2D eigenvalue weighted by Crippen LogP contribution is 2.35. The van der Waals surface area contributed by atoms with Gasteiger partial charge in [-0.05, 0) is 32.3 Å². The number of carbonyl (C=O) groups excluding carboxylic acids is 1. The fraction of sp³-hybridized carbons (Fsp3) is 0.533. The summed E-state index contributed by atoms with van der Waals surface area (Å²) in [5.74, 6) is 0.454. The molecule has 4 nitrogen and oxygen atoms in total. The number of amides is 1. The van der Waals surface area contributed by atoms with Crippen molar-refractivity contribution in [1.29, 1.82) is 0 Å². The van der Waals surface area contributed by atoms with Crippen LogP contribution in [0.3, 0.4) is 0 Å². The lowest BCUT2D eigenvalue weighted by Gasteiger charge is -2.18. The van der Waals surface area contributed by atoms with Crippen molar-refractivity contribution in [3.8, 4) is 0 Å². The van der Waals surface area contributed by atoms with Crippen molar-refractivity contribution in [2.24, 2.45) is 0 Å². The van der Waals surface area contributed by atoms with Crippen molar-refractivity contribution < 1.29 is 4.79 Å². The Kier molecular flexibility index (Phi) is 4.35. The van der Waals surface area contributed by atoms with Crippen LogP contribution in [0, 0.1) is 13.8 Å². The Balaban J connectivity index is 1.69. The molecule has 0 radical (unpaired) electrons. The number of hydrogen-bond acceptors (Lipinski definition) is 5. The Labute approximate surface area is 132 Å². The van der Waals surface area contributed by atoms with Gasteiger partial charge in [0.15, 0.2) is 0 Å². The van der Waals surface area contributed by atoms with Crippen molar-refractivity contribution in [2.45, 2.75) is 51.9 Å². The van der Waals surface area contributed by atoms with Gasteiger partial charge in [0.05, 0.1) is 5.56 Å². The van der Waals surface area contributed by atoms with E-state index in [0.29, 0.717) is 11.0 Å². The van der Waals surface area contributed by atoms with Gasteiger partial charge in [0.2, 0.25) is 5.13 Å². The Morgan fingerprint density at radius 2 is 2.00 bits per heavy atom. The zero-order valence-electron chi connectivity index (χ0n) is 12.3. The van der Waals surface area contributed by atoms with Crippen molar-refractivity contribution in [1.82, 2.24) is 10.2 Å². The molecule has 2 aromatic rings. The predicted octanol–water partition coefficient (Wildman–Crippen LogP) is 4.52. The second kappa shape index (κ2) is 6.23. The van der Waals surface area contributed by atoms with Crippen LogP contribution in [0.25, 0.3) is 0 Å². The predicted molar refractivity (Wildman–Crippen MR) is 87.5 cm³/mol. The first-order valence-corrected chi connectivity index (χ1v) is 9.04. The number of carbonyl (C=O) groups is 1. The maximum absolute atomic E-state index is 12.3. The highest BCUT2D eigenvalue weighted by atomic mass is 32.1. The van der Waals surface area contributed by atoms with Gasteiger partial charge in [0.1, 0.15) is 5.01 Å². The quantitative estimate of drug-likeness (QED) is 0.904. The second-order valence-corrected chi connectivity index (χ2v) is 7.66. The Morgan fingerprint density at radius 1 is 1.24 bits per heavy atom. The summed E-state index contributed by atoms with van der Waals surface area (Å²) < 4.78 is 0. The van der Waals surface area contributed by atoms with Crippen molar-refractivity contribution in [3.05, 3.63) is 26.4 Å². The van der Waals surface area contributed by atoms with Crippen LogP contribution < -0.4 is 5.32 Å². The number of nitrogens with one attached hydrogen (secondary N) is 1. The third kappa shape index (κ3) is 3.16. The SMILES string of the molecule is Cc1scc(C(=O)Nc2nnc(C3CCCCC3)s2)c1C. The fourth-order valence-corrected chi connectivity index (χ4v) is 4.47. The van der Waals surface area contributed by atoms with Gasteiger partial charge in [0.25, 0.3) is 5.91 Å². The number of rotatable bonds is 3. The topological polar surface area (TPSA) is 54.9 Å². The van der Waals surface area contributed by atoms with Crippen LogP contribution in [-0.2, 0) is 0 Å². The van der Waals surface area contributed by atoms with Gasteiger partial charge < -0.3 is 0 Å². The average Bonchev–Trinajstić information content (AvgIpc) is 3.08. The van der Waals surface area contributed by atoms with Crippen molar-refractivity contribution >= 4 is 33.7 Å². The van der Waals surface area contributed by atoms with E-state index >= 15 is 0 Å². The molecule has 0 spiro atoms. The minimum absolute atomic E-state index is 0.0804. The van der Waals surface area contributed by atoms with Gasteiger partial charge in [-0.25, -0.2) is 0 Å². The van der Waals surface area contributed by atoms with E-state index in [2.05, 4.69) is 15.5 Å². The molecular formula is C15H19N3OS2. The largest absolute Gasteiger partial charge is 0.296 e. The van der Waals surface area contributed by atoms with E-state index in [9.17, 15) is 4.79 Å². The first-order chi connectivity index (χ1) is 10.1. The van der Waals surface area contributed by atoms with E-state index in [1.54, 1.807) is 11.3 Å². The van der Waals surface area contributed by atoms with Gasteiger partial charge in [-0.2, -0.15) is 0 Å². The molecule has 0 aliphatic heterocycles. The summed E-state index contributed by atoms with van der Waals surface area (Å²) in [6, 6.07) is 0. The molecule has 0 bridgehead atoms. The lowest BCUT2D eigenvalue weighted by atomic mass is 9.90. The van der Waals surface area contributed by atoms with E-state index in [0.717, 1.165) is 16.1 Å². The maximum Gasteiger partial charge on any atom is 0.258 e. The molecule has 2 aromatic heterocycles. The van der Waals surface area contributed by atoms with E-state index in [1.807, 2.05) is 19.2 Å². The van der Waals surface area contributed by atoms with Gasteiger partial charge in [-0.15, -0.1) is 21.5 Å². The smallest absolute Gasteiger partial charge is 0.258 e. The number of anilines is 1. The van der Waals surface area contributed by atoms with Gasteiger partial charge in [-0.3, -0.25) is 10.1 Å². The van der Waals surface area contributed by atoms with Crippen LogP contribution >= 0.6 is 22.7 Å². The molecule has 21 heavy (non-hydrogen) atoms. The average molecular weight is 321 g/mol. The third-order valence-electron chi connectivity index (χ3n) is 4.15. The molecule has 1 aliphatic rings. The summed E-state index contributed by atoms with van der Waals surface area (Å²) in [4.78, 5) is 13.4. The summed E-state index contributed by atoms with van der Waals surface area (Å²) in [5, 5.41) is 14.9. The molecule has 1 saturated carbocycles. The van der Waals surface area contributed by atoms with Crippen LogP contribution in [0.15, 0.2) is 5.38 Å². The lowest BCUT2D eigenvalue weighted by Crippen LogP contribution is -2.12. The molecule has 0 atom stereocenters. The molecule has 1 fully saturated rings. The van der Waals surface area contributed by atoms with Crippen molar-refractivity contribution in [3.63, 3.8) is 0 Å². The highest BCUT2D eigenvalue weighted by Gasteiger charge is 2.21. The Morgan fingerprint density at radius 3 is 2.67 bits per heavy atom. The summed E-state index contributed by atoms with van der Waals surface area (Å²) in [5.41, 5.74) is 1.79. The molecular weight excluding hydrogens is 302 g/mol. The van der Waals surface area contributed by atoms with E-state index < -0.39 is 0 Å². The summed E-state index contributed by atoms with van der Waals surface area (Å²) >= 11 is 3.13. The molecule has 1 amide bonds. The number of hydrogen-bond donors (Lipinski definition) is 1. The molecule has 0 unspecified atom stereocenters. The second-order valence-electron chi connectivity index (χ2n) is 5.57. The van der Waals surface area contributed by atoms with E-state index in [-0.39, 0.29) is 5.91 Å². The van der Waals surface area contributed by atoms with Crippen LogP contribution in [0.2, 0.25) is 0 Å². The standard InChI is InChI=1S/C15H19N3OS2/c1-9-10(2)20-8-12(9)13(19)16-15-18-17-14(21-15)11-6-4-3-5-7-11/h8,11H,3-7H2,1-2H3,(H,16,18,19). The van der Waals surface area contributed by atoms with Gasteiger partial charge in [0, 0.05) is 16.2 Å². The van der Waals surface area contributed by atoms with Gasteiger partial charge in [-0.1, -0.05) is 30.6 Å². The normalized spacial score (nSPS) is 16.1. The highest BCUT2D eigenvalue weighted by molar-refractivity contribution is 7.15. The minimum Gasteiger partial charge on any atom is -0.296 e. The zero-order valence-corrected chi connectivity index (χ0v) is 13.9. The number of aryl methyl sites for hydroxylation is 1. The molecule has 3 rings (SSSR count). The molecule has 1 N–H and O–H groups in total. The molecule has 0 saturated heterocycles. The summed E-state index contributed by atoms with van der Waals surface area (Å²) in [6.45, 7) is 4.01. The monoisotopic (exact) mass is 321 g/mol. The number of aromatic nitrogens is 2. The zero-order chi connectivity index (χ0) is 14.8. The molecule has 1 aliphatic carbocycles. The minimum atomic E-state index is -0.0804. The number of thiophene rings is 1. The Bertz CT molecular complexity index is 641. The Hall–Kier alpha value is -1.27. The fourth-order valence-electron chi connectivity index (χ4n) is 2.70. The summed E-state index contributed by atoms with van der Waals surface area (Å²) in [7, 11) is 0. The lowest BCUT2D eigenvalue weighted by molar-refractivity contribution is 0.102. The third-order valence-corrected chi connectivity index (χ3v) is 6.16. The first kappa shape index (κ1) is 14.7. The first-order valence-electron chi connectivity index (χ1n) is 7.34. The van der Waals surface area contributed by atoms with Gasteiger partial charge >= 0.3 is 0 Å². The van der Waals surface area contributed by atoms with E-state index in [4.69, 9.17) is 0 Å². The van der Waals surface area contributed by atoms with Crippen molar-refractivity contribution in [2.75, 3.05) is 5.32 Å². The summed E-state index contributed by atoms with van der Waals surface area (Å²) in [6.07, 6.45) is 6.28. The molecule has 6 heteroatoms. The van der Waals surface area contributed by atoms with Crippen LogP contribution in [0.1, 0.15) is 63.8 Å². The van der Waals surface area contributed by atoms with E-state index in [1.165, 1.54) is 48.3 Å². The molecule has 2 heterocycles. The van der Waals surface area contributed by atoms with Crippen LogP contribution in [0.5, 0.6) is 0 Å². The maximum atomic E-state index is 12.3. The van der Waals surface area contributed by atoms with Crippen LogP contribution in [0.4, 0.5) is 5.13 Å². The van der Waals surface area contributed by atoms with Crippen LogP contribution in [-0.4, -0.2) is 16.1 Å². The molecule has 112 valence electrons. The molecule has 0 aromatic carbocycles. The number of nitrogens with zero attached hydrogens (tertiary/aromatic N) is 2.